The van der Waals surface area contributed by atoms with Crippen molar-refractivity contribution >= 4 is 5.91 Å². The molecule has 0 spiro atoms. The van der Waals surface area contributed by atoms with Crippen LogP contribution in [0.2, 0.25) is 0 Å². The first kappa shape index (κ1) is 12.2. The van der Waals surface area contributed by atoms with Crippen LogP contribution in [-0.4, -0.2) is 29.9 Å². The number of nitrogens with zero attached hydrogens (tertiary/aromatic N) is 1. The minimum absolute atomic E-state index is 0.113. The fourth-order valence-corrected chi connectivity index (χ4v) is 5.69. The van der Waals surface area contributed by atoms with Crippen molar-refractivity contribution in [1.82, 2.24) is 4.90 Å². The molecule has 19 heavy (non-hydrogen) atoms. The van der Waals surface area contributed by atoms with Gasteiger partial charge in [0, 0.05) is 25.6 Å². The Labute approximate surface area is 115 Å². The van der Waals surface area contributed by atoms with Crippen LogP contribution in [0.4, 0.5) is 0 Å². The lowest BCUT2D eigenvalue weighted by Crippen LogP contribution is -2.52. The molecule has 4 bridgehead atoms. The topological polar surface area (TPSA) is 46.3 Å². The molecule has 1 amide bonds. The van der Waals surface area contributed by atoms with Crippen molar-refractivity contribution in [3.8, 4) is 0 Å². The maximum absolute atomic E-state index is 12.1. The smallest absolute Gasteiger partial charge is 0.224 e. The second-order valence-corrected chi connectivity index (χ2v) is 7.69. The molecule has 4 saturated carbocycles. The van der Waals surface area contributed by atoms with E-state index in [-0.39, 0.29) is 6.04 Å². The van der Waals surface area contributed by atoms with Gasteiger partial charge in [0.15, 0.2) is 0 Å². The number of hydrogen-bond acceptors (Lipinski definition) is 2. The second kappa shape index (κ2) is 4.47. The molecular weight excluding hydrogens is 236 g/mol. The summed E-state index contributed by atoms with van der Waals surface area (Å²) in [5.74, 6) is 5.05. The van der Waals surface area contributed by atoms with Gasteiger partial charge in [-0.3, -0.25) is 4.79 Å². The van der Waals surface area contributed by atoms with Crippen LogP contribution in [0.25, 0.3) is 0 Å². The number of amides is 1. The fourth-order valence-electron chi connectivity index (χ4n) is 5.69. The SMILES string of the molecule is NC1CCN(CC2C3CC4CC(C3)CC2C4)C(=O)C1. The largest absolute Gasteiger partial charge is 0.342 e. The summed E-state index contributed by atoms with van der Waals surface area (Å²) < 4.78 is 0. The summed E-state index contributed by atoms with van der Waals surface area (Å²) in [6.45, 7) is 1.95. The highest BCUT2D eigenvalue weighted by Crippen LogP contribution is 2.56. The lowest BCUT2D eigenvalue weighted by atomic mass is 9.52. The van der Waals surface area contributed by atoms with Crippen molar-refractivity contribution in [3.63, 3.8) is 0 Å². The highest BCUT2D eigenvalue weighted by molar-refractivity contribution is 5.77. The predicted molar refractivity (Wildman–Crippen MR) is 74.3 cm³/mol. The van der Waals surface area contributed by atoms with Gasteiger partial charge in [-0.2, -0.15) is 0 Å². The van der Waals surface area contributed by atoms with E-state index in [1.165, 1.54) is 32.1 Å². The molecule has 1 atom stereocenters. The molecule has 5 fully saturated rings. The summed E-state index contributed by atoms with van der Waals surface area (Å²) in [6, 6.07) is 0.113. The van der Waals surface area contributed by atoms with Gasteiger partial charge in [-0.1, -0.05) is 0 Å². The van der Waals surface area contributed by atoms with Crippen LogP contribution in [0.1, 0.15) is 44.9 Å². The Bertz CT molecular complexity index is 353. The number of likely N-dealkylation sites (tertiary alicyclic amines) is 1. The van der Waals surface area contributed by atoms with Gasteiger partial charge in [0.25, 0.3) is 0 Å². The van der Waals surface area contributed by atoms with E-state index in [1.807, 2.05) is 0 Å². The van der Waals surface area contributed by atoms with Crippen molar-refractivity contribution < 1.29 is 4.79 Å². The van der Waals surface area contributed by atoms with E-state index < -0.39 is 0 Å². The molecule has 2 N–H and O–H groups in total. The Hall–Kier alpha value is -0.570. The van der Waals surface area contributed by atoms with E-state index in [1.54, 1.807) is 0 Å². The average Bonchev–Trinajstić information content (AvgIpc) is 2.35. The summed E-state index contributed by atoms with van der Waals surface area (Å²) >= 11 is 0. The van der Waals surface area contributed by atoms with Crippen LogP contribution in [0, 0.1) is 29.6 Å². The van der Waals surface area contributed by atoms with Gasteiger partial charge >= 0.3 is 0 Å². The summed E-state index contributed by atoms with van der Waals surface area (Å²) in [4.78, 5) is 14.3. The summed E-state index contributed by atoms with van der Waals surface area (Å²) in [5, 5.41) is 0. The van der Waals surface area contributed by atoms with Crippen LogP contribution in [0.3, 0.4) is 0 Å². The van der Waals surface area contributed by atoms with Gasteiger partial charge in [-0.15, -0.1) is 0 Å². The van der Waals surface area contributed by atoms with Crippen molar-refractivity contribution in [1.29, 1.82) is 0 Å². The minimum atomic E-state index is 0.113. The fraction of sp³-hybridized carbons (Fsp3) is 0.938. The Kier molecular flexibility index (Phi) is 2.87. The zero-order valence-electron chi connectivity index (χ0n) is 11.8. The lowest BCUT2D eigenvalue weighted by Gasteiger charge is -2.55. The molecule has 0 aromatic carbocycles. The first-order chi connectivity index (χ1) is 9.19. The molecule has 1 heterocycles. The first-order valence-electron chi connectivity index (χ1n) is 8.22. The predicted octanol–water partition coefficient (Wildman–Crippen LogP) is 2.01. The van der Waals surface area contributed by atoms with E-state index in [0.717, 1.165) is 49.1 Å². The number of carbonyl (C=O) groups excluding carboxylic acids is 1. The highest BCUT2D eigenvalue weighted by atomic mass is 16.2. The number of rotatable bonds is 2. The van der Waals surface area contributed by atoms with Crippen molar-refractivity contribution in [2.45, 2.75) is 51.0 Å². The molecule has 0 aromatic heterocycles. The summed E-state index contributed by atoms with van der Waals surface area (Å²) in [5.41, 5.74) is 5.89. The quantitative estimate of drug-likeness (QED) is 0.827. The molecule has 106 valence electrons. The van der Waals surface area contributed by atoms with E-state index in [9.17, 15) is 4.79 Å². The monoisotopic (exact) mass is 262 g/mol. The number of hydrogen-bond donors (Lipinski definition) is 1. The van der Waals surface area contributed by atoms with E-state index in [2.05, 4.69) is 4.90 Å². The van der Waals surface area contributed by atoms with Gasteiger partial charge < -0.3 is 10.6 Å². The molecule has 1 saturated heterocycles. The highest BCUT2D eigenvalue weighted by Gasteiger charge is 2.48. The van der Waals surface area contributed by atoms with Gasteiger partial charge in [0.2, 0.25) is 5.91 Å². The van der Waals surface area contributed by atoms with Crippen molar-refractivity contribution in [2.24, 2.45) is 35.3 Å². The zero-order chi connectivity index (χ0) is 13.0. The van der Waals surface area contributed by atoms with Gasteiger partial charge in [0.1, 0.15) is 0 Å². The Morgan fingerprint density at radius 3 is 2.26 bits per heavy atom. The summed E-state index contributed by atoms with van der Waals surface area (Å²) in [6.07, 6.45) is 8.92. The molecule has 0 aromatic rings. The Morgan fingerprint density at radius 2 is 1.68 bits per heavy atom. The summed E-state index contributed by atoms with van der Waals surface area (Å²) in [7, 11) is 0. The molecule has 4 aliphatic carbocycles. The normalized spacial score (nSPS) is 48.9. The average molecular weight is 262 g/mol. The molecule has 5 aliphatic rings. The Balaban J connectivity index is 1.44. The zero-order valence-corrected chi connectivity index (χ0v) is 11.8. The van der Waals surface area contributed by atoms with E-state index in [4.69, 9.17) is 5.73 Å². The molecule has 3 nitrogen and oxygen atoms in total. The van der Waals surface area contributed by atoms with Crippen LogP contribution < -0.4 is 5.73 Å². The molecule has 1 aliphatic heterocycles. The molecule has 3 heteroatoms. The third kappa shape index (κ3) is 2.10. The third-order valence-corrected chi connectivity index (χ3v) is 6.41. The third-order valence-electron chi connectivity index (χ3n) is 6.41. The minimum Gasteiger partial charge on any atom is -0.342 e. The van der Waals surface area contributed by atoms with E-state index in [0.29, 0.717) is 12.3 Å². The maximum atomic E-state index is 12.1. The maximum Gasteiger partial charge on any atom is 0.224 e. The first-order valence-corrected chi connectivity index (χ1v) is 8.22. The van der Waals surface area contributed by atoms with Crippen LogP contribution in [-0.2, 0) is 4.79 Å². The van der Waals surface area contributed by atoms with Crippen molar-refractivity contribution in [3.05, 3.63) is 0 Å². The molecule has 0 radical (unpaired) electrons. The Morgan fingerprint density at radius 1 is 1.05 bits per heavy atom. The molecule has 1 unspecified atom stereocenters. The van der Waals surface area contributed by atoms with Crippen LogP contribution in [0.15, 0.2) is 0 Å². The van der Waals surface area contributed by atoms with Gasteiger partial charge in [0.05, 0.1) is 0 Å². The molecular formula is C16H26N2O. The standard InChI is InChI=1S/C16H26N2O/c17-14-1-2-18(16(19)8-14)9-15-12-4-10-3-11(6-12)7-13(15)5-10/h10-15H,1-9,17H2. The molecule has 5 rings (SSSR count). The van der Waals surface area contributed by atoms with E-state index >= 15 is 0 Å². The van der Waals surface area contributed by atoms with Gasteiger partial charge in [-0.05, 0) is 68.1 Å². The number of piperidine rings is 1. The lowest BCUT2D eigenvalue weighted by molar-refractivity contribution is -0.137. The van der Waals surface area contributed by atoms with Gasteiger partial charge in [-0.25, -0.2) is 0 Å². The van der Waals surface area contributed by atoms with Crippen LogP contribution in [0.5, 0.6) is 0 Å². The van der Waals surface area contributed by atoms with Crippen LogP contribution >= 0.6 is 0 Å². The second-order valence-electron chi connectivity index (χ2n) is 7.69. The van der Waals surface area contributed by atoms with Crippen molar-refractivity contribution in [2.75, 3.05) is 13.1 Å². The number of nitrogens with two attached hydrogens (primary N) is 1. The number of carbonyl (C=O) groups is 1.